The molecule has 0 bridgehead atoms. The second kappa shape index (κ2) is 11.6. The molecule has 0 amide bonds. The second-order valence-corrected chi connectivity index (χ2v) is 10.00. The fraction of sp³-hybridized carbons (Fsp3) is 0.147. The highest BCUT2D eigenvalue weighted by Crippen LogP contribution is 2.31. The van der Waals surface area contributed by atoms with Crippen LogP contribution < -0.4 is 0 Å². The largest absolute Gasteiger partial charge is 0.465 e. The second-order valence-electron chi connectivity index (χ2n) is 10.00. The zero-order valence-electron chi connectivity index (χ0n) is 23.7. The Morgan fingerprint density at radius 2 is 1.05 bits per heavy atom. The van der Waals surface area contributed by atoms with Gasteiger partial charge in [0, 0.05) is 11.1 Å². The number of carbonyl (C=O) groups excluding carboxylic acids is 1. The van der Waals surface area contributed by atoms with E-state index in [4.69, 9.17) is 24.9 Å². The lowest BCUT2D eigenvalue weighted by atomic mass is 10.1. The fourth-order valence-electron chi connectivity index (χ4n) is 4.74. The van der Waals surface area contributed by atoms with Gasteiger partial charge in [-0.1, -0.05) is 96.1 Å². The summed E-state index contributed by atoms with van der Waals surface area (Å²) >= 11 is 0. The van der Waals surface area contributed by atoms with Crippen LogP contribution in [0.4, 0.5) is 0 Å². The van der Waals surface area contributed by atoms with Crippen molar-refractivity contribution < 1.29 is 9.53 Å². The van der Waals surface area contributed by atoms with E-state index < -0.39 is 11.9 Å². The molecule has 0 unspecified atom stereocenters. The molecule has 6 rings (SSSR count). The maximum Gasteiger partial charge on any atom is 0.324 e. The Morgan fingerprint density at radius 1 is 0.643 bits per heavy atom. The van der Waals surface area contributed by atoms with Crippen molar-refractivity contribution in [1.29, 1.82) is 0 Å². The first-order valence-electron chi connectivity index (χ1n) is 13.9. The average Bonchev–Trinajstić information content (AvgIpc) is 3.65. The zero-order chi connectivity index (χ0) is 29.1. The van der Waals surface area contributed by atoms with Crippen LogP contribution in [-0.4, -0.2) is 42.1 Å². The topological polar surface area (TPSA) is 87.7 Å². The zero-order valence-corrected chi connectivity index (χ0v) is 23.7. The molecular formula is C34H30N6O2. The highest BCUT2D eigenvalue weighted by atomic mass is 16.5. The first kappa shape index (κ1) is 26.8. The van der Waals surface area contributed by atoms with Crippen molar-refractivity contribution in [2.45, 2.75) is 26.7 Å². The van der Waals surface area contributed by atoms with Crippen LogP contribution in [0, 0.1) is 13.8 Å². The number of nitrogens with zero attached hydrogens (tertiary/aromatic N) is 6. The third kappa shape index (κ3) is 5.34. The number of ether oxygens (including phenoxy) is 1. The van der Waals surface area contributed by atoms with E-state index in [9.17, 15) is 4.79 Å². The Labute approximate surface area is 244 Å². The maximum atomic E-state index is 13.9. The van der Waals surface area contributed by atoms with Crippen molar-refractivity contribution in [3.63, 3.8) is 0 Å². The summed E-state index contributed by atoms with van der Waals surface area (Å²) in [6.07, 6.45) is 0. The van der Waals surface area contributed by atoms with E-state index >= 15 is 0 Å². The van der Waals surface area contributed by atoms with Crippen LogP contribution in [-0.2, 0) is 9.53 Å². The van der Waals surface area contributed by atoms with Crippen molar-refractivity contribution in [1.82, 2.24) is 29.5 Å². The van der Waals surface area contributed by atoms with Crippen LogP contribution in [0.15, 0.2) is 109 Å². The summed E-state index contributed by atoms with van der Waals surface area (Å²) in [4.78, 5) is 23.8. The van der Waals surface area contributed by atoms with E-state index in [0.717, 1.165) is 33.6 Å². The van der Waals surface area contributed by atoms with Gasteiger partial charge in [-0.05, 0) is 45.0 Å². The third-order valence-corrected chi connectivity index (χ3v) is 6.92. The summed E-state index contributed by atoms with van der Waals surface area (Å²) in [7, 11) is 0. The van der Waals surface area contributed by atoms with E-state index in [1.807, 2.05) is 123 Å². The number of benzene rings is 4. The number of aryl methyl sites for hydroxylation is 2. The smallest absolute Gasteiger partial charge is 0.324 e. The van der Waals surface area contributed by atoms with Gasteiger partial charge in [0.1, 0.15) is 0 Å². The molecule has 42 heavy (non-hydrogen) atoms. The Morgan fingerprint density at radius 3 is 1.43 bits per heavy atom. The summed E-state index contributed by atoms with van der Waals surface area (Å²) < 4.78 is 9.06. The molecule has 0 atom stereocenters. The molecule has 0 fully saturated rings. The van der Waals surface area contributed by atoms with Crippen LogP contribution in [0.25, 0.3) is 34.2 Å². The monoisotopic (exact) mass is 554 g/mol. The standard InChI is InChI=1S/C34H30N6O2/c1-4-42-34(41)29(32-35-30(25-19-15-23(2)16-20-25)37-39(32)27-11-7-5-8-12-27)33-36-31(26-21-17-24(3)18-22-26)38-40(33)28-13-9-6-10-14-28/h5-22,29H,4H2,1-3H3. The molecule has 0 saturated heterocycles. The number of esters is 1. The van der Waals surface area contributed by atoms with Gasteiger partial charge in [0.15, 0.2) is 29.2 Å². The maximum absolute atomic E-state index is 13.9. The molecule has 8 heteroatoms. The summed E-state index contributed by atoms with van der Waals surface area (Å²) in [5.41, 5.74) is 5.46. The SMILES string of the molecule is CCOC(=O)C(c1nc(-c2ccc(C)cc2)nn1-c1ccccc1)c1nc(-c2ccc(C)cc2)nn1-c1ccccc1. The van der Waals surface area contributed by atoms with Gasteiger partial charge >= 0.3 is 5.97 Å². The minimum atomic E-state index is -1.02. The number of carbonyl (C=O) groups is 1. The van der Waals surface area contributed by atoms with Crippen molar-refractivity contribution in [3.8, 4) is 34.2 Å². The van der Waals surface area contributed by atoms with Gasteiger partial charge in [-0.15, -0.1) is 10.2 Å². The Bertz CT molecular complexity index is 1680. The van der Waals surface area contributed by atoms with Gasteiger partial charge in [0.2, 0.25) is 0 Å². The van der Waals surface area contributed by atoms with Gasteiger partial charge in [-0.2, -0.15) is 0 Å². The normalized spacial score (nSPS) is 11.1. The lowest BCUT2D eigenvalue weighted by molar-refractivity contribution is -0.144. The van der Waals surface area contributed by atoms with E-state index in [1.165, 1.54) is 0 Å². The van der Waals surface area contributed by atoms with Gasteiger partial charge < -0.3 is 4.74 Å². The molecule has 0 radical (unpaired) electrons. The van der Waals surface area contributed by atoms with Gasteiger partial charge in [-0.3, -0.25) is 4.79 Å². The molecule has 0 spiro atoms. The average molecular weight is 555 g/mol. The van der Waals surface area contributed by atoms with Crippen molar-refractivity contribution in [2.24, 2.45) is 0 Å². The van der Waals surface area contributed by atoms with Crippen LogP contribution in [0.3, 0.4) is 0 Å². The molecule has 6 aromatic rings. The number of aromatic nitrogens is 6. The van der Waals surface area contributed by atoms with E-state index in [-0.39, 0.29) is 6.61 Å². The highest BCUT2D eigenvalue weighted by molar-refractivity contribution is 5.81. The molecular weight excluding hydrogens is 524 g/mol. The molecule has 0 aliphatic carbocycles. The molecule has 0 saturated carbocycles. The Kier molecular flexibility index (Phi) is 7.43. The van der Waals surface area contributed by atoms with E-state index in [2.05, 4.69) is 0 Å². The lowest BCUT2D eigenvalue weighted by Crippen LogP contribution is -2.24. The van der Waals surface area contributed by atoms with Crippen molar-refractivity contribution >= 4 is 5.97 Å². The van der Waals surface area contributed by atoms with E-state index in [1.54, 1.807) is 16.3 Å². The molecule has 4 aromatic carbocycles. The summed E-state index contributed by atoms with van der Waals surface area (Å²) in [6.45, 7) is 6.05. The van der Waals surface area contributed by atoms with Gasteiger partial charge in [0.25, 0.3) is 0 Å². The van der Waals surface area contributed by atoms with Gasteiger partial charge in [0.05, 0.1) is 18.0 Å². The predicted octanol–water partition coefficient (Wildman–Crippen LogP) is 6.49. The van der Waals surface area contributed by atoms with E-state index in [0.29, 0.717) is 23.3 Å². The molecule has 2 aromatic heterocycles. The molecule has 0 aliphatic rings. The minimum Gasteiger partial charge on any atom is -0.465 e. The number of rotatable bonds is 8. The molecule has 2 heterocycles. The minimum absolute atomic E-state index is 0.198. The quantitative estimate of drug-likeness (QED) is 0.200. The molecule has 8 nitrogen and oxygen atoms in total. The number of para-hydroxylation sites is 2. The molecule has 0 N–H and O–H groups in total. The van der Waals surface area contributed by atoms with Crippen LogP contribution in [0.1, 0.15) is 35.6 Å². The highest BCUT2D eigenvalue weighted by Gasteiger charge is 2.36. The fourth-order valence-corrected chi connectivity index (χ4v) is 4.74. The Hall–Kier alpha value is -5.37. The third-order valence-electron chi connectivity index (χ3n) is 6.92. The van der Waals surface area contributed by atoms with Crippen LogP contribution in [0.5, 0.6) is 0 Å². The summed E-state index contributed by atoms with van der Waals surface area (Å²) in [6, 6.07) is 35.3. The first-order chi connectivity index (χ1) is 20.5. The van der Waals surface area contributed by atoms with Crippen LogP contribution >= 0.6 is 0 Å². The number of hydrogen-bond acceptors (Lipinski definition) is 6. The van der Waals surface area contributed by atoms with Crippen LogP contribution in [0.2, 0.25) is 0 Å². The predicted molar refractivity (Wildman–Crippen MR) is 162 cm³/mol. The summed E-state index contributed by atoms with van der Waals surface area (Å²) in [5.74, 6) is 0.243. The lowest BCUT2D eigenvalue weighted by Gasteiger charge is -2.16. The molecule has 0 aliphatic heterocycles. The van der Waals surface area contributed by atoms with Crippen molar-refractivity contribution in [3.05, 3.63) is 132 Å². The van der Waals surface area contributed by atoms with Crippen molar-refractivity contribution in [2.75, 3.05) is 6.61 Å². The number of hydrogen-bond donors (Lipinski definition) is 0. The van der Waals surface area contributed by atoms with Gasteiger partial charge in [-0.25, -0.2) is 19.3 Å². The first-order valence-corrected chi connectivity index (χ1v) is 13.9. The molecule has 208 valence electrons. The summed E-state index contributed by atoms with van der Waals surface area (Å²) in [5, 5.41) is 9.77. The Balaban J connectivity index is 1.60.